The van der Waals surface area contributed by atoms with E-state index in [4.69, 9.17) is 5.11 Å². The van der Waals surface area contributed by atoms with Gasteiger partial charge in [0, 0.05) is 12.5 Å². The van der Waals surface area contributed by atoms with Crippen LogP contribution in [0.2, 0.25) is 0 Å². The van der Waals surface area contributed by atoms with Crippen molar-refractivity contribution >= 4 is 17.9 Å². The zero-order valence-corrected chi connectivity index (χ0v) is 10.9. The number of aliphatic carboxylic acids is 1. The summed E-state index contributed by atoms with van der Waals surface area (Å²) in [7, 11) is 0. The van der Waals surface area contributed by atoms with Gasteiger partial charge in [-0.3, -0.25) is 14.9 Å². The molecule has 0 spiro atoms. The Hall–Kier alpha value is -1.59. The second kappa shape index (κ2) is 5.37. The van der Waals surface area contributed by atoms with E-state index in [1.807, 2.05) is 6.92 Å². The van der Waals surface area contributed by atoms with Crippen molar-refractivity contribution in [3.8, 4) is 0 Å². The number of hydrogen-bond acceptors (Lipinski definition) is 3. The maximum atomic E-state index is 11.5. The molecular weight excluding hydrogens is 236 g/mol. The summed E-state index contributed by atoms with van der Waals surface area (Å²) in [4.78, 5) is 33.8. The van der Waals surface area contributed by atoms with Crippen LogP contribution in [0.4, 0.5) is 4.79 Å². The Labute approximate surface area is 106 Å². The second-order valence-electron chi connectivity index (χ2n) is 5.40. The fourth-order valence-corrected chi connectivity index (χ4v) is 1.73. The van der Waals surface area contributed by atoms with Gasteiger partial charge >= 0.3 is 12.0 Å². The van der Waals surface area contributed by atoms with Crippen LogP contribution in [0.5, 0.6) is 0 Å². The van der Waals surface area contributed by atoms with Crippen molar-refractivity contribution in [3.05, 3.63) is 0 Å². The Balaban J connectivity index is 2.32. The van der Waals surface area contributed by atoms with Gasteiger partial charge in [0.15, 0.2) is 0 Å². The normalized spacial score (nSPS) is 22.2. The van der Waals surface area contributed by atoms with Gasteiger partial charge in [0.2, 0.25) is 5.91 Å². The highest BCUT2D eigenvalue weighted by atomic mass is 16.4. The van der Waals surface area contributed by atoms with Gasteiger partial charge in [0.1, 0.15) is 0 Å². The highest BCUT2D eigenvalue weighted by molar-refractivity contribution is 5.96. The lowest BCUT2D eigenvalue weighted by Crippen LogP contribution is -2.43. The molecule has 6 nitrogen and oxygen atoms in total. The molecule has 0 radical (unpaired) electrons. The first-order chi connectivity index (χ1) is 8.26. The molecule has 0 aromatic heterocycles. The molecule has 2 unspecified atom stereocenters. The Morgan fingerprint density at radius 1 is 1.33 bits per heavy atom. The number of carbonyl (C=O) groups is 3. The van der Waals surface area contributed by atoms with E-state index in [9.17, 15) is 14.4 Å². The van der Waals surface area contributed by atoms with Crippen LogP contribution in [0.3, 0.4) is 0 Å². The number of hydrogen-bond donors (Lipinski definition) is 3. The summed E-state index contributed by atoms with van der Waals surface area (Å²) in [6.45, 7) is 4.94. The minimum absolute atomic E-state index is 0.148. The number of nitrogens with one attached hydrogen (secondary N) is 2. The Bertz CT molecular complexity index is 365. The van der Waals surface area contributed by atoms with Crippen LogP contribution in [-0.2, 0) is 9.59 Å². The Morgan fingerprint density at radius 2 is 1.94 bits per heavy atom. The number of carboxylic acids is 1. The maximum Gasteiger partial charge on any atom is 0.321 e. The fraction of sp³-hybridized carbons (Fsp3) is 0.750. The zero-order valence-electron chi connectivity index (χ0n) is 10.9. The molecule has 2 atom stereocenters. The number of rotatable bonds is 5. The first-order valence-corrected chi connectivity index (χ1v) is 6.10. The summed E-state index contributed by atoms with van der Waals surface area (Å²) >= 11 is 0. The van der Waals surface area contributed by atoms with E-state index in [-0.39, 0.29) is 12.5 Å². The number of carboxylic acid groups (broad SMARTS) is 1. The van der Waals surface area contributed by atoms with Crippen LogP contribution < -0.4 is 10.6 Å². The van der Waals surface area contributed by atoms with E-state index in [1.165, 1.54) is 13.8 Å². The molecule has 0 bridgehead atoms. The monoisotopic (exact) mass is 256 g/mol. The van der Waals surface area contributed by atoms with Gasteiger partial charge in [-0.15, -0.1) is 0 Å². The topological polar surface area (TPSA) is 95.5 Å². The van der Waals surface area contributed by atoms with Crippen molar-refractivity contribution in [1.82, 2.24) is 10.6 Å². The van der Waals surface area contributed by atoms with Crippen molar-refractivity contribution in [2.75, 3.05) is 0 Å². The molecule has 1 aliphatic rings. The Morgan fingerprint density at radius 3 is 2.39 bits per heavy atom. The average molecular weight is 256 g/mol. The lowest BCUT2D eigenvalue weighted by molar-refractivity contribution is -0.149. The molecule has 102 valence electrons. The smallest absolute Gasteiger partial charge is 0.321 e. The van der Waals surface area contributed by atoms with E-state index in [2.05, 4.69) is 10.6 Å². The highest BCUT2D eigenvalue weighted by Crippen LogP contribution is 2.32. The van der Waals surface area contributed by atoms with Gasteiger partial charge in [-0.25, -0.2) is 4.79 Å². The van der Waals surface area contributed by atoms with Gasteiger partial charge in [0.25, 0.3) is 0 Å². The molecule has 3 N–H and O–H groups in total. The third-order valence-electron chi connectivity index (χ3n) is 3.20. The van der Waals surface area contributed by atoms with Crippen LogP contribution in [0.25, 0.3) is 0 Å². The molecule has 18 heavy (non-hydrogen) atoms. The highest BCUT2D eigenvalue weighted by Gasteiger charge is 2.37. The first-order valence-electron chi connectivity index (χ1n) is 6.10. The van der Waals surface area contributed by atoms with Gasteiger partial charge in [-0.05, 0) is 26.2 Å². The first kappa shape index (κ1) is 14.5. The van der Waals surface area contributed by atoms with E-state index in [0.29, 0.717) is 5.92 Å². The fourth-order valence-electron chi connectivity index (χ4n) is 1.73. The molecule has 1 rings (SSSR count). The van der Waals surface area contributed by atoms with Crippen molar-refractivity contribution in [1.29, 1.82) is 0 Å². The van der Waals surface area contributed by atoms with Crippen LogP contribution >= 0.6 is 0 Å². The van der Waals surface area contributed by atoms with E-state index in [0.717, 1.165) is 12.8 Å². The molecule has 1 saturated carbocycles. The maximum absolute atomic E-state index is 11.5. The minimum Gasteiger partial charge on any atom is -0.481 e. The molecule has 0 aromatic carbocycles. The van der Waals surface area contributed by atoms with Gasteiger partial charge < -0.3 is 10.4 Å². The summed E-state index contributed by atoms with van der Waals surface area (Å²) < 4.78 is 0. The molecule has 0 saturated heterocycles. The predicted molar refractivity (Wildman–Crippen MR) is 64.9 cm³/mol. The van der Waals surface area contributed by atoms with Crippen LogP contribution in [0.15, 0.2) is 0 Å². The van der Waals surface area contributed by atoms with Gasteiger partial charge in [0.05, 0.1) is 5.41 Å². The quantitative estimate of drug-likeness (QED) is 0.686. The molecule has 0 aromatic rings. The number of amides is 3. The third-order valence-corrected chi connectivity index (χ3v) is 3.20. The van der Waals surface area contributed by atoms with Crippen molar-refractivity contribution < 1.29 is 19.5 Å². The van der Waals surface area contributed by atoms with Gasteiger partial charge in [-0.1, -0.05) is 13.3 Å². The third kappa shape index (κ3) is 4.01. The lowest BCUT2D eigenvalue weighted by atomic mass is 9.89. The average Bonchev–Trinajstić information content (AvgIpc) is 2.94. The van der Waals surface area contributed by atoms with E-state index < -0.39 is 23.3 Å². The molecule has 1 aliphatic carbocycles. The van der Waals surface area contributed by atoms with Crippen molar-refractivity contribution in [2.45, 2.75) is 46.1 Å². The summed E-state index contributed by atoms with van der Waals surface area (Å²) in [6, 6.07) is -0.391. The van der Waals surface area contributed by atoms with Crippen LogP contribution in [0, 0.1) is 11.3 Å². The van der Waals surface area contributed by atoms with Crippen LogP contribution in [0.1, 0.15) is 40.0 Å². The predicted octanol–water partition coefficient (Wildman–Crippen LogP) is 1.11. The number of urea groups is 1. The van der Waals surface area contributed by atoms with Crippen molar-refractivity contribution in [2.24, 2.45) is 11.3 Å². The molecular formula is C12H20N2O4. The minimum atomic E-state index is -1.17. The summed E-state index contributed by atoms with van der Waals surface area (Å²) in [5.41, 5.74) is -1.17. The van der Waals surface area contributed by atoms with Crippen molar-refractivity contribution in [3.63, 3.8) is 0 Å². The molecule has 0 heterocycles. The summed E-state index contributed by atoms with van der Waals surface area (Å²) in [5.74, 6) is -1.14. The van der Waals surface area contributed by atoms with E-state index in [1.54, 1.807) is 0 Å². The SMILES string of the molecule is CCC1CC1NC(=O)NC(=O)CC(C)(C)C(=O)O. The van der Waals surface area contributed by atoms with Crippen LogP contribution in [-0.4, -0.2) is 29.1 Å². The Kier molecular flexibility index (Phi) is 4.32. The standard InChI is InChI=1S/C12H20N2O4/c1-4-7-5-8(7)13-11(18)14-9(15)6-12(2,3)10(16)17/h7-8H,4-6H2,1-3H3,(H,16,17)(H2,13,14,15,18). The second-order valence-corrected chi connectivity index (χ2v) is 5.40. The molecule has 6 heteroatoms. The number of carbonyl (C=O) groups excluding carboxylic acids is 2. The van der Waals surface area contributed by atoms with Gasteiger partial charge in [-0.2, -0.15) is 0 Å². The zero-order chi connectivity index (χ0) is 13.9. The molecule has 3 amide bonds. The van der Waals surface area contributed by atoms with E-state index >= 15 is 0 Å². The molecule has 0 aliphatic heterocycles. The largest absolute Gasteiger partial charge is 0.481 e. The molecule has 1 fully saturated rings. The summed E-state index contributed by atoms with van der Waals surface area (Å²) in [5, 5.41) is 13.7. The lowest BCUT2D eigenvalue weighted by Gasteiger charge is -2.17. The summed E-state index contributed by atoms with van der Waals surface area (Å²) in [6.07, 6.45) is 1.72. The number of imide groups is 1.